The zero-order valence-corrected chi connectivity index (χ0v) is 9.77. The largest absolute Gasteiger partial charge is 0.326 e. The third-order valence-corrected chi connectivity index (χ3v) is 3.85. The van der Waals surface area contributed by atoms with Crippen molar-refractivity contribution in [3.05, 3.63) is 12.2 Å². The Morgan fingerprint density at radius 3 is 2.43 bits per heavy atom. The van der Waals surface area contributed by atoms with Crippen molar-refractivity contribution in [2.45, 2.75) is 58.0 Å². The van der Waals surface area contributed by atoms with Crippen molar-refractivity contribution in [1.82, 2.24) is 0 Å². The lowest BCUT2D eigenvalue weighted by Gasteiger charge is -2.39. The van der Waals surface area contributed by atoms with Crippen LogP contribution >= 0.6 is 0 Å². The quantitative estimate of drug-likeness (QED) is 0.583. The van der Waals surface area contributed by atoms with Crippen molar-refractivity contribution in [3.8, 4) is 0 Å². The molecule has 0 aliphatic heterocycles. The topological polar surface area (TPSA) is 52.0 Å². The molecule has 2 atom stereocenters. The van der Waals surface area contributed by atoms with E-state index in [1.807, 2.05) is 0 Å². The first kappa shape index (κ1) is 11.7. The zero-order valence-electron chi connectivity index (χ0n) is 9.77. The summed E-state index contributed by atoms with van der Waals surface area (Å²) >= 11 is 0. The van der Waals surface area contributed by atoms with Crippen LogP contribution in [0.15, 0.2) is 12.2 Å². The fourth-order valence-electron chi connectivity index (χ4n) is 1.97. The predicted molar refractivity (Wildman–Crippen MR) is 62.0 cm³/mol. The van der Waals surface area contributed by atoms with Gasteiger partial charge in [0.15, 0.2) is 0 Å². The van der Waals surface area contributed by atoms with Gasteiger partial charge in [-0.2, -0.15) is 0 Å². The summed E-state index contributed by atoms with van der Waals surface area (Å²) in [6.07, 6.45) is 4.06. The van der Waals surface area contributed by atoms with E-state index in [4.69, 9.17) is 11.5 Å². The van der Waals surface area contributed by atoms with Crippen LogP contribution in [0.5, 0.6) is 0 Å². The summed E-state index contributed by atoms with van der Waals surface area (Å²) in [7, 11) is 0. The molecule has 0 aromatic rings. The van der Waals surface area contributed by atoms with E-state index in [2.05, 4.69) is 27.4 Å². The minimum Gasteiger partial charge on any atom is -0.326 e. The Bertz CT molecular complexity index is 228. The molecule has 1 rings (SSSR count). The van der Waals surface area contributed by atoms with Gasteiger partial charge < -0.3 is 11.5 Å². The Labute approximate surface area is 87.7 Å². The van der Waals surface area contributed by atoms with Crippen LogP contribution in [0, 0.1) is 5.41 Å². The normalized spacial score (nSPS) is 38.9. The standard InChI is InChI=1S/C12H24N2/c1-9-5-8-12(4,14)10(13)6-7-11(9,2)3/h10H,1,5-8,13-14H2,2-4H3/t10-,12+/m1/s1. The minimum atomic E-state index is -0.223. The molecule has 0 radical (unpaired) electrons. The molecule has 4 N–H and O–H groups in total. The van der Waals surface area contributed by atoms with Crippen molar-refractivity contribution in [3.63, 3.8) is 0 Å². The molecule has 2 heteroatoms. The molecule has 0 bridgehead atoms. The van der Waals surface area contributed by atoms with Gasteiger partial charge >= 0.3 is 0 Å². The van der Waals surface area contributed by atoms with Crippen LogP contribution in [-0.4, -0.2) is 11.6 Å². The van der Waals surface area contributed by atoms with Gasteiger partial charge in [0.2, 0.25) is 0 Å². The highest BCUT2D eigenvalue weighted by Crippen LogP contribution is 2.38. The van der Waals surface area contributed by atoms with Gasteiger partial charge in [-0.05, 0) is 38.0 Å². The van der Waals surface area contributed by atoms with E-state index in [1.165, 1.54) is 5.57 Å². The molecule has 0 aromatic heterocycles. The highest BCUT2D eigenvalue weighted by Gasteiger charge is 2.33. The lowest BCUT2D eigenvalue weighted by Crippen LogP contribution is -2.54. The molecule has 1 aliphatic carbocycles. The lowest BCUT2D eigenvalue weighted by molar-refractivity contribution is 0.258. The molecule has 0 amide bonds. The molecular weight excluding hydrogens is 172 g/mol. The fourth-order valence-corrected chi connectivity index (χ4v) is 1.97. The molecule has 0 aromatic carbocycles. The summed E-state index contributed by atoms with van der Waals surface area (Å²) in [4.78, 5) is 0. The second-order valence-electron chi connectivity index (χ2n) is 5.64. The molecule has 0 unspecified atom stereocenters. The van der Waals surface area contributed by atoms with Crippen LogP contribution < -0.4 is 11.5 Å². The Balaban J connectivity index is 2.76. The summed E-state index contributed by atoms with van der Waals surface area (Å²) in [5, 5.41) is 0. The van der Waals surface area contributed by atoms with Gasteiger partial charge in [-0.15, -0.1) is 0 Å². The Morgan fingerprint density at radius 2 is 1.86 bits per heavy atom. The zero-order chi connectivity index (χ0) is 11.0. The van der Waals surface area contributed by atoms with Gasteiger partial charge in [0, 0.05) is 11.6 Å². The number of nitrogens with two attached hydrogens (primary N) is 2. The van der Waals surface area contributed by atoms with Crippen molar-refractivity contribution in [2.24, 2.45) is 16.9 Å². The lowest BCUT2D eigenvalue weighted by atomic mass is 9.71. The highest BCUT2D eigenvalue weighted by molar-refractivity contribution is 5.11. The Morgan fingerprint density at radius 1 is 1.29 bits per heavy atom. The van der Waals surface area contributed by atoms with Crippen molar-refractivity contribution < 1.29 is 0 Å². The van der Waals surface area contributed by atoms with Gasteiger partial charge in [0.1, 0.15) is 0 Å². The third-order valence-electron chi connectivity index (χ3n) is 3.85. The summed E-state index contributed by atoms with van der Waals surface area (Å²) < 4.78 is 0. The van der Waals surface area contributed by atoms with E-state index in [1.54, 1.807) is 0 Å². The van der Waals surface area contributed by atoms with E-state index in [0.717, 1.165) is 25.7 Å². The Hall–Kier alpha value is -0.340. The fraction of sp³-hybridized carbons (Fsp3) is 0.833. The van der Waals surface area contributed by atoms with Crippen LogP contribution in [0.4, 0.5) is 0 Å². The monoisotopic (exact) mass is 196 g/mol. The number of hydrogen-bond donors (Lipinski definition) is 2. The maximum absolute atomic E-state index is 6.18. The SMILES string of the molecule is C=C1CC[C@](C)(N)[C@H](N)CCC1(C)C. The van der Waals surface area contributed by atoms with Crippen LogP contribution in [0.2, 0.25) is 0 Å². The summed E-state index contributed by atoms with van der Waals surface area (Å²) in [5.74, 6) is 0. The number of hydrogen-bond acceptors (Lipinski definition) is 2. The van der Waals surface area contributed by atoms with E-state index in [0.29, 0.717) is 0 Å². The first-order chi connectivity index (χ1) is 6.26. The average Bonchev–Trinajstić information content (AvgIpc) is 2.09. The second-order valence-corrected chi connectivity index (χ2v) is 5.64. The molecule has 0 spiro atoms. The van der Waals surface area contributed by atoms with E-state index in [9.17, 15) is 0 Å². The second kappa shape index (κ2) is 3.67. The van der Waals surface area contributed by atoms with E-state index < -0.39 is 0 Å². The third kappa shape index (κ3) is 2.37. The van der Waals surface area contributed by atoms with Gasteiger partial charge in [-0.1, -0.05) is 26.0 Å². The van der Waals surface area contributed by atoms with Crippen LogP contribution in [0.1, 0.15) is 46.5 Å². The Kier molecular flexibility index (Phi) is 3.07. The van der Waals surface area contributed by atoms with Crippen LogP contribution in [-0.2, 0) is 0 Å². The molecule has 1 saturated carbocycles. The molecule has 1 fully saturated rings. The molecule has 2 nitrogen and oxygen atoms in total. The number of allylic oxidation sites excluding steroid dienone is 1. The molecular formula is C12H24N2. The maximum atomic E-state index is 6.18. The molecule has 82 valence electrons. The van der Waals surface area contributed by atoms with Crippen molar-refractivity contribution in [1.29, 1.82) is 0 Å². The van der Waals surface area contributed by atoms with Crippen LogP contribution in [0.3, 0.4) is 0 Å². The predicted octanol–water partition coefficient (Wildman–Crippen LogP) is 2.19. The maximum Gasteiger partial charge on any atom is 0.0282 e. The average molecular weight is 196 g/mol. The highest BCUT2D eigenvalue weighted by atomic mass is 14.8. The summed E-state index contributed by atoms with van der Waals surface area (Å²) in [6, 6.07) is 0.120. The molecule has 14 heavy (non-hydrogen) atoms. The minimum absolute atomic E-state index is 0.120. The van der Waals surface area contributed by atoms with Gasteiger partial charge in [-0.25, -0.2) is 0 Å². The molecule has 1 aliphatic rings. The van der Waals surface area contributed by atoms with E-state index in [-0.39, 0.29) is 17.0 Å². The van der Waals surface area contributed by atoms with Crippen molar-refractivity contribution >= 4 is 0 Å². The summed E-state index contributed by atoms with van der Waals surface area (Å²) in [5.41, 5.74) is 13.6. The van der Waals surface area contributed by atoms with E-state index >= 15 is 0 Å². The van der Waals surface area contributed by atoms with Gasteiger partial charge in [-0.3, -0.25) is 0 Å². The molecule has 0 saturated heterocycles. The van der Waals surface area contributed by atoms with Crippen LogP contribution in [0.25, 0.3) is 0 Å². The number of rotatable bonds is 0. The first-order valence-corrected chi connectivity index (χ1v) is 5.48. The first-order valence-electron chi connectivity index (χ1n) is 5.48. The van der Waals surface area contributed by atoms with Gasteiger partial charge in [0.25, 0.3) is 0 Å². The van der Waals surface area contributed by atoms with Gasteiger partial charge in [0.05, 0.1) is 0 Å². The molecule has 0 heterocycles. The summed E-state index contributed by atoms with van der Waals surface area (Å²) in [6.45, 7) is 10.7. The van der Waals surface area contributed by atoms with Crippen molar-refractivity contribution in [2.75, 3.05) is 0 Å². The smallest absolute Gasteiger partial charge is 0.0282 e.